The van der Waals surface area contributed by atoms with Crippen LogP contribution in [0.15, 0.2) is 59.5 Å². The molecule has 0 spiro atoms. The summed E-state index contributed by atoms with van der Waals surface area (Å²) in [6.07, 6.45) is 6.33. The largest absolute Gasteiger partial charge is 0.465 e. The van der Waals surface area contributed by atoms with Gasteiger partial charge in [-0.2, -0.15) is 0 Å². The van der Waals surface area contributed by atoms with Gasteiger partial charge in [0.2, 0.25) is 0 Å². The van der Waals surface area contributed by atoms with E-state index in [4.69, 9.17) is 23.7 Å². The van der Waals surface area contributed by atoms with Crippen molar-refractivity contribution in [1.29, 1.82) is 0 Å². The van der Waals surface area contributed by atoms with Crippen molar-refractivity contribution >= 4 is 15.8 Å². The minimum atomic E-state index is -3.57. The third-order valence-electron chi connectivity index (χ3n) is 10.8. The molecule has 2 unspecified atom stereocenters. The van der Waals surface area contributed by atoms with Crippen molar-refractivity contribution in [2.45, 2.75) is 147 Å². The summed E-state index contributed by atoms with van der Waals surface area (Å²) in [6.45, 7) is 21.3. The van der Waals surface area contributed by atoms with Gasteiger partial charge < -0.3 is 23.7 Å². The summed E-state index contributed by atoms with van der Waals surface area (Å²) < 4.78 is 58.6. The molecule has 3 aliphatic rings. The first kappa shape index (κ1) is 39.7. The monoisotopic (exact) mass is 702 g/mol. The van der Waals surface area contributed by atoms with Crippen molar-refractivity contribution < 1.29 is 36.9 Å². The molecule has 3 aliphatic heterocycles. The van der Waals surface area contributed by atoms with Crippen LogP contribution in [0.5, 0.6) is 0 Å². The summed E-state index contributed by atoms with van der Waals surface area (Å²) in [4.78, 5) is 12.4. The van der Waals surface area contributed by atoms with Gasteiger partial charge in [-0.05, 0) is 101 Å². The molecule has 49 heavy (non-hydrogen) atoms. The zero-order valence-corrected chi connectivity index (χ0v) is 31.8. The number of carbonyl (C=O) groups excluding carboxylic acids is 1. The van der Waals surface area contributed by atoms with Crippen molar-refractivity contribution in [3.8, 4) is 0 Å². The average Bonchev–Trinajstić information content (AvgIpc) is 3.57. The first-order valence-corrected chi connectivity index (χ1v) is 20.1. The predicted molar refractivity (Wildman–Crippen MR) is 193 cm³/mol. The first-order valence-electron chi connectivity index (χ1n) is 18.4. The maximum absolute atomic E-state index is 13.6. The normalized spacial score (nSPS) is 31.6. The number of carbonyl (C=O) groups is 1. The van der Waals surface area contributed by atoms with Crippen molar-refractivity contribution in [3.05, 3.63) is 54.6 Å². The van der Waals surface area contributed by atoms with Crippen LogP contribution in [0.1, 0.15) is 99.3 Å². The summed E-state index contributed by atoms with van der Waals surface area (Å²) in [7, 11) is -1.90. The maximum atomic E-state index is 13.6. The molecule has 4 rings (SSSR count). The molecule has 1 aromatic carbocycles. The molecule has 0 radical (unpaired) electrons. The van der Waals surface area contributed by atoms with Crippen LogP contribution >= 0.6 is 0 Å². The molecular weight excluding hydrogens is 640 g/mol. The quantitative estimate of drug-likeness (QED) is 0.0975. The van der Waals surface area contributed by atoms with E-state index in [2.05, 4.69) is 33.9 Å². The van der Waals surface area contributed by atoms with Crippen molar-refractivity contribution in [3.63, 3.8) is 0 Å². The van der Waals surface area contributed by atoms with Gasteiger partial charge in [-0.25, -0.2) is 8.42 Å². The van der Waals surface area contributed by atoms with E-state index >= 15 is 0 Å². The molecule has 3 saturated heterocycles. The molecular formula is C40H62O8S. The van der Waals surface area contributed by atoms with Gasteiger partial charge in [0, 0.05) is 19.4 Å². The number of hydrogen-bond acceptors (Lipinski definition) is 8. The van der Waals surface area contributed by atoms with Gasteiger partial charge in [0.05, 0.1) is 65.4 Å². The van der Waals surface area contributed by atoms with Crippen LogP contribution in [0.3, 0.4) is 0 Å². The van der Waals surface area contributed by atoms with Gasteiger partial charge in [0.25, 0.3) is 0 Å². The number of ether oxygens (including phenoxy) is 5. The number of benzene rings is 1. The molecule has 3 heterocycles. The smallest absolute Gasteiger partial charge is 0.311 e. The SMILES string of the molecule is C=C1C(C[C@@H]2O[C@H](C[C@H](C)CC)[C@H](OC)[C@H]2CS(=O)(=O)c2ccccc2)OC(CC[C@@H]2O[C@@H](CCCOC(=O)C(C)(C)C)CC2=C)C[C@H]1C. The van der Waals surface area contributed by atoms with E-state index in [1.165, 1.54) is 0 Å². The Kier molecular flexibility index (Phi) is 14.2. The molecule has 0 amide bonds. The summed E-state index contributed by atoms with van der Waals surface area (Å²) in [5, 5.41) is 0. The zero-order chi connectivity index (χ0) is 35.9. The van der Waals surface area contributed by atoms with Gasteiger partial charge in [0.15, 0.2) is 9.84 Å². The van der Waals surface area contributed by atoms with Crippen molar-refractivity contribution in [2.24, 2.45) is 23.2 Å². The molecule has 8 nitrogen and oxygen atoms in total. The van der Waals surface area contributed by atoms with Gasteiger partial charge >= 0.3 is 5.97 Å². The lowest BCUT2D eigenvalue weighted by Crippen LogP contribution is -2.40. The van der Waals surface area contributed by atoms with E-state index in [-0.39, 0.29) is 66.3 Å². The molecule has 276 valence electrons. The van der Waals surface area contributed by atoms with Crippen LogP contribution in [-0.4, -0.2) is 76.6 Å². The average molecular weight is 703 g/mol. The van der Waals surface area contributed by atoms with Crippen LogP contribution in [0.2, 0.25) is 0 Å². The van der Waals surface area contributed by atoms with Crippen molar-refractivity contribution in [1.82, 2.24) is 0 Å². The zero-order valence-electron chi connectivity index (χ0n) is 31.0. The molecule has 0 aromatic heterocycles. The van der Waals surface area contributed by atoms with E-state index in [9.17, 15) is 13.2 Å². The van der Waals surface area contributed by atoms with Crippen molar-refractivity contribution in [2.75, 3.05) is 19.5 Å². The van der Waals surface area contributed by atoms with E-state index in [0.29, 0.717) is 23.8 Å². The Morgan fingerprint density at radius 2 is 1.69 bits per heavy atom. The minimum Gasteiger partial charge on any atom is -0.465 e. The van der Waals surface area contributed by atoms with E-state index < -0.39 is 15.3 Å². The minimum absolute atomic E-state index is 0.0147. The fraction of sp³-hybridized carbons (Fsp3) is 0.725. The lowest BCUT2D eigenvalue weighted by molar-refractivity contribution is -0.153. The van der Waals surface area contributed by atoms with Crippen LogP contribution < -0.4 is 0 Å². The lowest BCUT2D eigenvalue weighted by atomic mass is 9.83. The predicted octanol–water partition coefficient (Wildman–Crippen LogP) is 7.90. The van der Waals surface area contributed by atoms with Crippen LogP contribution in [-0.2, 0) is 38.3 Å². The highest BCUT2D eigenvalue weighted by Crippen LogP contribution is 2.41. The highest BCUT2D eigenvalue weighted by Gasteiger charge is 2.48. The number of hydrogen-bond donors (Lipinski definition) is 0. The van der Waals surface area contributed by atoms with E-state index in [0.717, 1.165) is 62.5 Å². The van der Waals surface area contributed by atoms with Gasteiger partial charge in [-0.1, -0.05) is 58.5 Å². The number of esters is 1. The molecule has 0 aliphatic carbocycles. The summed E-state index contributed by atoms with van der Waals surface area (Å²) in [5.41, 5.74) is 1.66. The molecule has 0 saturated carbocycles. The van der Waals surface area contributed by atoms with Gasteiger partial charge in [0.1, 0.15) is 0 Å². The fourth-order valence-corrected chi connectivity index (χ4v) is 9.17. The van der Waals surface area contributed by atoms with Crippen LogP contribution in [0, 0.1) is 23.2 Å². The summed E-state index contributed by atoms with van der Waals surface area (Å²) in [5.74, 6) is 0.136. The Morgan fingerprint density at radius 3 is 2.35 bits per heavy atom. The highest BCUT2D eigenvalue weighted by molar-refractivity contribution is 7.91. The second-order valence-electron chi connectivity index (χ2n) is 15.8. The topological polar surface area (TPSA) is 97.4 Å². The standard InChI is InChI=1S/C40H62O8S/c1-10-26(2)21-37-38(44-9)33(25-49(42,43)32-16-12-11-13-17-32)36(48-37)24-35-29(5)27(3)22-31(47-35)18-19-34-28(4)23-30(46-34)15-14-20-45-39(41)40(6,7)8/h11-13,16-17,26-27,30-31,33-38H,4-5,10,14-15,18-25H2,1-3,6-9H3/t26-,27-,30+,31?,33+,34+,35?,36+,37-,38-/m1/s1. The Labute approximate surface area is 296 Å². The lowest BCUT2D eigenvalue weighted by Gasteiger charge is -2.38. The van der Waals surface area contributed by atoms with E-state index in [1.54, 1.807) is 31.4 Å². The highest BCUT2D eigenvalue weighted by atomic mass is 32.2. The summed E-state index contributed by atoms with van der Waals surface area (Å²) in [6, 6.07) is 8.66. The van der Waals surface area contributed by atoms with Gasteiger partial charge in [-0.15, -0.1) is 0 Å². The second-order valence-corrected chi connectivity index (χ2v) is 17.9. The number of rotatable bonds is 16. The molecule has 10 atom stereocenters. The molecule has 1 aromatic rings. The van der Waals surface area contributed by atoms with E-state index in [1.807, 2.05) is 26.8 Å². The number of sulfone groups is 1. The third-order valence-corrected chi connectivity index (χ3v) is 12.6. The molecule has 9 heteroatoms. The number of methoxy groups -OCH3 is 1. The maximum Gasteiger partial charge on any atom is 0.311 e. The Hall–Kier alpha value is -2.04. The fourth-order valence-electron chi connectivity index (χ4n) is 7.49. The summed E-state index contributed by atoms with van der Waals surface area (Å²) >= 11 is 0. The Balaban J connectivity index is 1.37. The van der Waals surface area contributed by atoms with Crippen LogP contribution in [0.4, 0.5) is 0 Å². The second kappa shape index (κ2) is 17.5. The Morgan fingerprint density at radius 1 is 1.00 bits per heavy atom. The molecule has 0 N–H and O–H groups in total. The van der Waals surface area contributed by atoms with Gasteiger partial charge in [-0.3, -0.25) is 4.79 Å². The third kappa shape index (κ3) is 10.7. The Bertz CT molecular complexity index is 1350. The van der Waals surface area contributed by atoms with Crippen LogP contribution in [0.25, 0.3) is 0 Å². The molecule has 0 bridgehead atoms. The first-order chi connectivity index (χ1) is 23.1. The molecule has 3 fully saturated rings.